The van der Waals surface area contributed by atoms with Gasteiger partial charge < -0.3 is 19.4 Å². The van der Waals surface area contributed by atoms with E-state index in [-0.39, 0.29) is 17.7 Å². The average molecular weight is 533 g/mol. The van der Waals surface area contributed by atoms with Crippen molar-refractivity contribution in [3.8, 4) is 17.2 Å². The van der Waals surface area contributed by atoms with Gasteiger partial charge in [-0.25, -0.2) is 4.79 Å². The van der Waals surface area contributed by atoms with Crippen LogP contribution in [0.5, 0.6) is 17.2 Å². The SMILES string of the molecule is O=c1oc2ccccc2c(O)c1C(CC(O)c1ccc(Oc2ccc(Cl)cc2)cc1Cl)c1ccccc1. The van der Waals surface area contributed by atoms with E-state index in [0.717, 1.165) is 5.56 Å². The molecule has 0 amide bonds. The Morgan fingerprint density at radius 2 is 1.51 bits per heavy atom. The largest absolute Gasteiger partial charge is 0.507 e. The molecule has 0 aliphatic rings. The summed E-state index contributed by atoms with van der Waals surface area (Å²) in [6, 6.07) is 27.9. The molecule has 37 heavy (non-hydrogen) atoms. The molecule has 0 bridgehead atoms. The zero-order valence-corrected chi connectivity index (χ0v) is 21.0. The Morgan fingerprint density at radius 3 is 2.24 bits per heavy atom. The van der Waals surface area contributed by atoms with Crippen molar-refractivity contribution in [3.05, 3.63) is 134 Å². The Morgan fingerprint density at radius 1 is 0.838 bits per heavy atom. The molecule has 1 aromatic heterocycles. The molecule has 2 atom stereocenters. The standard InChI is InChI=1S/C30H22Cl2O5/c31-19-10-12-20(13-11-19)36-21-14-15-22(25(32)16-21)26(33)17-24(18-6-2-1-3-7-18)28-29(34)23-8-4-5-9-27(23)37-30(28)35/h1-16,24,26,33-34H,17H2. The maximum Gasteiger partial charge on any atom is 0.343 e. The van der Waals surface area contributed by atoms with Gasteiger partial charge in [-0.3, -0.25) is 0 Å². The minimum absolute atomic E-state index is 0.0811. The monoisotopic (exact) mass is 532 g/mol. The average Bonchev–Trinajstić information content (AvgIpc) is 2.90. The van der Waals surface area contributed by atoms with Gasteiger partial charge in [-0.05, 0) is 66.1 Å². The summed E-state index contributed by atoms with van der Waals surface area (Å²) in [6.45, 7) is 0. The van der Waals surface area contributed by atoms with Gasteiger partial charge in [-0.2, -0.15) is 0 Å². The molecular weight excluding hydrogens is 511 g/mol. The minimum Gasteiger partial charge on any atom is -0.507 e. The van der Waals surface area contributed by atoms with Gasteiger partial charge >= 0.3 is 5.63 Å². The Labute approximate surface area is 223 Å². The number of hydrogen-bond donors (Lipinski definition) is 2. The van der Waals surface area contributed by atoms with Crippen LogP contribution < -0.4 is 10.4 Å². The van der Waals surface area contributed by atoms with Crippen LogP contribution in [0.15, 0.2) is 106 Å². The van der Waals surface area contributed by atoms with Crippen LogP contribution in [0.1, 0.15) is 35.1 Å². The highest BCUT2D eigenvalue weighted by Crippen LogP contribution is 2.40. The smallest absolute Gasteiger partial charge is 0.343 e. The maximum absolute atomic E-state index is 13.0. The number of fused-ring (bicyclic) bond motifs is 1. The molecule has 4 aromatic carbocycles. The molecule has 0 aliphatic heterocycles. The van der Waals surface area contributed by atoms with Crippen LogP contribution in [-0.2, 0) is 0 Å². The van der Waals surface area contributed by atoms with Crippen LogP contribution in [-0.4, -0.2) is 10.2 Å². The van der Waals surface area contributed by atoms with Gasteiger partial charge in [-0.15, -0.1) is 0 Å². The predicted octanol–water partition coefficient (Wildman–Crippen LogP) is 7.85. The third-order valence-electron chi connectivity index (χ3n) is 6.21. The zero-order valence-electron chi connectivity index (χ0n) is 19.5. The Bertz CT molecular complexity index is 1600. The number of para-hydroxylation sites is 1. The molecule has 0 aliphatic carbocycles. The number of aliphatic hydroxyl groups excluding tert-OH is 1. The van der Waals surface area contributed by atoms with Gasteiger partial charge in [-0.1, -0.05) is 71.7 Å². The highest BCUT2D eigenvalue weighted by Gasteiger charge is 2.28. The molecular formula is C30H22Cl2O5. The molecule has 0 saturated heterocycles. The molecule has 0 radical (unpaired) electrons. The second kappa shape index (κ2) is 10.7. The van der Waals surface area contributed by atoms with Crippen LogP contribution in [0.3, 0.4) is 0 Å². The summed E-state index contributed by atoms with van der Waals surface area (Å²) >= 11 is 12.5. The number of halogens is 2. The summed E-state index contributed by atoms with van der Waals surface area (Å²) in [5.41, 5.74) is 0.937. The molecule has 0 spiro atoms. The van der Waals surface area contributed by atoms with Crippen LogP contribution in [0.25, 0.3) is 11.0 Å². The van der Waals surface area contributed by atoms with Crippen molar-refractivity contribution < 1.29 is 19.4 Å². The number of aliphatic hydroxyl groups is 1. The normalized spacial score (nSPS) is 12.8. The van der Waals surface area contributed by atoms with Crippen molar-refractivity contribution in [2.45, 2.75) is 18.4 Å². The lowest BCUT2D eigenvalue weighted by molar-refractivity contribution is 0.161. The van der Waals surface area contributed by atoms with E-state index in [0.29, 0.717) is 38.1 Å². The van der Waals surface area contributed by atoms with Crippen molar-refractivity contribution >= 4 is 34.2 Å². The molecule has 7 heteroatoms. The highest BCUT2D eigenvalue weighted by molar-refractivity contribution is 6.31. The van der Waals surface area contributed by atoms with Crippen LogP contribution >= 0.6 is 23.2 Å². The second-order valence-corrected chi connectivity index (χ2v) is 9.45. The van der Waals surface area contributed by atoms with Crippen molar-refractivity contribution in [2.75, 3.05) is 0 Å². The van der Waals surface area contributed by atoms with Crippen LogP contribution in [0.4, 0.5) is 0 Å². The molecule has 5 rings (SSSR count). The minimum atomic E-state index is -1.05. The third-order valence-corrected chi connectivity index (χ3v) is 6.79. The first-order chi connectivity index (χ1) is 17.9. The van der Waals surface area contributed by atoms with Crippen LogP contribution in [0.2, 0.25) is 10.0 Å². The summed E-state index contributed by atoms with van der Waals surface area (Å²) in [6.07, 6.45) is -0.967. The molecule has 186 valence electrons. The van der Waals surface area contributed by atoms with E-state index >= 15 is 0 Å². The van der Waals surface area contributed by atoms with Gasteiger partial charge in [0.25, 0.3) is 0 Å². The second-order valence-electron chi connectivity index (χ2n) is 8.60. The Balaban J connectivity index is 1.48. The summed E-state index contributed by atoms with van der Waals surface area (Å²) < 4.78 is 11.3. The summed E-state index contributed by atoms with van der Waals surface area (Å²) in [7, 11) is 0. The Hall–Kier alpha value is -3.77. The lowest BCUT2D eigenvalue weighted by atomic mass is 9.85. The fraction of sp³-hybridized carbons (Fsp3) is 0.100. The molecule has 2 N–H and O–H groups in total. The maximum atomic E-state index is 13.0. The van der Waals surface area contributed by atoms with E-state index in [9.17, 15) is 15.0 Å². The fourth-order valence-electron chi connectivity index (χ4n) is 4.39. The van der Waals surface area contributed by atoms with E-state index in [1.165, 1.54) is 0 Å². The zero-order chi connectivity index (χ0) is 25.9. The summed E-state index contributed by atoms with van der Waals surface area (Å²) in [5, 5.41) is 23.7. The van der Waals surface area contributed by atoms with Crippen molar-refractivity contribution in [1.82, 2.24) is 0 Å². The van der Waals surface area contributed by atoms with E-state index in [1.807, 2.05) is 30.3 Å². The van der Waals surface area contributed by atoms with Crippen molar-refractivity contribution in [2.24, 2.45) is 0 Å². The summed E-state index contributed by atoms with van der Waals surface area (Å²) in [5.74, 6) is 0.274. The first-order valence-corrected chi connectivity index (χ1v) is 12.4. The molecule has 5 nitrogen and oxygen atoms in total. The van der Waals surface area contributed by atoms with Gasteiger partial charge in [0.2, 0.25) is 0 Å². The first kappa shape index (κ1) is 24.9. The number of aromatic hydroxyl groups is 1. The molecule has 2 unspecified atom stereocenters. The molecule has 0 fully saturated rings. The number of benzene rings is 4. The Kier molecular flexibility index (Phi) is 7.19. The predicted molar refractivity (Wildman–Crippen MR) is 145 cm³/mol. The first-order valence-electron chi connectivity index (χ1n) is 11.6. The summed E-state index contributed by atoms with van der Waals surface area (Å²) in [4.78, 5) is 13.0. The number of ether oxygens (including phenoxy) is 1. The van der Waals surface area contributed by atoms with Gasteiger partial charge in [0.05, 0.1) is 22.1 Å². The molecule has 5 aromatic rings. The lowest BCUT2D eigenvalue weighted by Gasteiger charge is -2.22. The quantitative estimate of drug-likeness (QED) is 0.208. The van der Waals surface area contributed by atoms with Crippen LogP contribution in [0, 0.1) is 0 Å². The van der Waals surface area contributed by atoms with Crippen molar-refractivity contribution in [1.29, 1.82) is 0 Å². The van der Waals surface area contributed by atoms with Gasteiger partial charge in [0.1, 0.15) is 22.8 Å². The van der Waals surface area contributed by atoms with Gasteiger partial charge in [0.15, 0.2) is 0 Å². The number of hydrogen-bond acceptors (Lipinski definition) is 5. The van der Waals surface area contributed by atoms with E-state index in [2.05, 4.69) is 0 Å². The number of rotatable bonds is 7. The van der Waals surface area contributed by atoms with Crippen molar-refractivity contribution in [3.63, 3.8) is 0 Å². The molecule has 1 heterocycles. The third kappa shape index (κ3) is 5.35. The lowest BCUT2D eigenvalue weighted by Crippen LogP contribution is -2.17. The van der Waals surface area contributed by atoms with E-state index in [4.69, 9.17) is 32.4 Å². The highest BCUT2D eigenvalue weighted by atomic mass is 35.5. The van der Waals surface area contributed by atoms with Gasteiger partial charge in [0, 0.05) is 10.9 Å². The van der Waals surface area contributed by atoms with E-state index < -0.39 is 17.6 Å². The molecule has 0 saturated carbocycles. The topological polar surface area (TPSA) is 79.9 Å². The fourth-order valence-corrected chi connectivity index (χ4v) is 4.81. The van der Waals surface area contributed by atoms with E-state index in [1.54, 1.807) is 66.7 Å².